The third-order valence-electron chi connectivity index (χ3n) is 2.45. The maximum Gasteiger partial charge on any atom is 0.127 e. The Balaban J connectivity index is 2.11. The summed E-state index contributed by atoms with van der Waals surface area (Å²) in [5.74, 6) is 0. The van der Waals surface area contributed by atoms with Crippen molar-refractivity contribution in [1.29, 1.82) is 0 Å². The van der Waals surface area contributed by atoms with Gasteiger partial charge in [-0.3, -0.25) is 9.58 Å². The van der Waals surface area contributed by atoms with Crippen LogP contribution in [0.25, 0.3) is 0 Å². The lowest BCUT2D eigenvalue weighted by molar-refractivity contribution is -0.0401. The first-order valence-corrected chi connectivity index (χ1v) is 4.72. The van der Waals surface area contributed by atoms with Gasteiger partial charge in [0.25, 0.3) is 0 Å². The number of rotatable bonds is 2. The lowest BCUT2D eigenvalue weighted by atomic mass is 10.3. The quantitative estimate of drug-likeness (QED) is 0.674. The highest BCUT2D eigenvalue weighted by Crippen LogP contribution is 2.15. The predicted molar refractivity (Wildman–Crippen MR) is 49.3 cm³/mol. The molecule has 1 saturated heterocycles. The van der Waals surface area contributed by atoms with Gasteiger partial charge in [0.2, 0.25) is 0 Å². The number of likely N-dealkylation sites (N-methyl/N-ethyl adjacent to an activating group) is 1. The van der Waals surface area contributed by atoms with Crippen LogP contribution in [0.15, 0.2) is 18.5 Å². The lowest BCUT2D eigenvalue weighted by Crippen LogP contribution is -2.42. The molecule has 0 bridgehead atoms. The van der Waals surface area contributed by atoms with Gasteiger partial charge in [0.15, 0.2) is 0 Å². The van der Waals surface area contributed by atoms with E-state index in [1.807, 2.05) is 23.1 Å². The maximum atomic E-state index is 5.44. The predicted octanol–water partition coefficient (Wildman–Crippen LogP) is 0.734. The molecule has 0 N–H and O–H groups in total. The van der Waals surface area contributed by atoms with Crippen LogP contribution in [0.4, 0.5) is 0 Å². The number of ether oxygens (including phenoxy) is 1. The van der Waals surface area contributed by atoms with Gasteiger partial charge in [-0.05, 0) is 12.6 Å². The molecule has 2 rings (SSSR count). The second kappa shape index (κ2) is 3.89. The smallest absolute Gasteiger partial charge is 0.127 e. The summed E-state index contributed by atoms with van der Waals surface area (Å²) in [4.78, 5) is 2.37. The molecule has 0 amide bonds. The minimum absolute atomic E-state index is 0.286. The van der Waals surface area contributed by atoms with Crippen molar-refractivity contribution in [2.75, 3.05) is 26.3 Å². The average Bonchev–Trinajstić information content (AvgIpc) is 2.70. The number of morpholine rings is 1. The minimum atomic E-state index is 0.286. The summed E-state index contributed by atoms with van der Waals surface area (Å²) in [6.45, 7) is 5.80. The van der Waals surface area contributed by atoms with Crippen molar-refractivity contribution < 1.29 is 4.74 Å². The highest BCUT2D eigenvalue weighted by molar-refractivity contribution is 4.82. The largest absolute Gasteiger partial charge is 0.376 e. The zero-order valence-electron chi connectivity index (χ0n) is 7.89. The molecular weight excluding hydrogens is 166 g/mol. The van der Waals surface area contributed by atoms with Gasteiger partial charge in [-0.15, -0.1) is 0 Å². The Morgan fingerprint density at radius 1 is 1.62 bits per heavy atom. The SMILES string of the molecule is CCN1CCOCC1n1cccn1. The van der Waals surface area contributed by atoms with Crippen molar-refractivity contribution in [2.45, 2.75) is 13.1 Å². The lowest BCUT2D eigenvalue weighted by Gasteiger charge is -2.34. The van der Waals surface area contributed by atoms with Crippen molar-refractivity contribution in [1.82, 2.24) is 14.7 Å². The molecule has 4 nitrogen and oxygen atoms in total. The molecule has 72 valence electrons. The highest BCUT2D eigenvalue weighted by atomic mass is 16.5. The molecule has 1 aliphatic rings. The van der Waals surface area contributed by atoms with Crippen molar-refractivity contribution in [3.8, 4) is 0 Å². The fraction of sp³-hybridized carbons (Fsp3) is 0.667. The van der Waals surface area contributed by atoms with Crippen LogP contribution in [0.5, 0.6) is 0 Å². The second-order valence-corrected chi connectivity index (χ2v) is 3.17. The van der Waals surface area contributed by atoms with Crippen molar-refractivity contribution in [3.63, 3.8) is 0 Å². The van der Waals surface area contributed by atoms with E-state index in [4.69, 9.17) is 4.74 Å². The molecule has 4 heteroatoms. The summed E-state index contributed by atoms with van der Waals surface area (Å²) in [5.41, 5.74) is 0. The first-order valence-electron chi connectivity index (χ1n) is 4.72. The molecule has 1 unspecified atom stereocenters. The summed E-state index contributed by atoms with van der Waals surface area (Å²) in [7, 11) is 0. The van der Waals surface area contributed by atoms with Crippen LogP contribution in [0, 0.1) is 0 Å². The topological polar surface area (TPSA) is 30.3 Å². The Morgan fingerprint density at radius 3 is 3.23 bits per heavy atom. The summed E-state index contributed by atoms with van der Waals surface area (Å²) in [5, 5.41) is 4.23. The average molecular weight is 181 g/mol. The molecule has 1 fully saturated rings. The zero-order valence-corrected chi connectivity index (χ0v) is 7.89. The van der Waals surface area contributed by atoms with Crippen LogP contribution in [0.2, 0.25) is 0 Å². The first kappa shape index (κ1) is 8.72. The van der Waals surface area contributed by atoms with E-state index in [1.165, 1.54) is 0 Å². The van der Waals surface area contributed by atoms with Gasteiger partial charge in [0.1, 0.15) is 6.17 Å². The zero-order chi connectivity index (χ0) is 9.10. The van der Waals surface area contributed by atoms with Gasteiger partial charge in [-0.2, -0.15) is 5.10 Å². The van der Waals surface area contributed by atoms with Crippen LogP contribution < -0.4 is 0 Å². The van der Waals surface area contributed by atoms with E-state index in [0.29, 0.717) is 0 Å². The monoisotopic (exact) mass is 181 g/mol. The standard InChI is InChI=1S/C9H15N3O/c1-2-11-6-7-13-8-9(11)12-5-3-4-10-12/h3-5,9H,2,6-8H2,1H3. The number of hydrogen-bond donors (Lipinski definition) is 0. The van der Waals surface area contributed by atoms with Crippen molar-refractivity contribution >= 4 is 0 Å². The summed E-state index contributed by atoms with van der Waals surface area (Å²) in [6.07, 6.45) is 4.08. The maximum absolute atomic E-state index is 5.44. The Morgan fingerprint density at radius 2 is 2.54 bits per heavy atom. The first-order chi connectivity index (χ1) is 6.42. The molecule has 0 aliphatic carbocycles. The molecule has 0 spiro atoms. The Labute approximate surface area is 78.1 Å². The molecule has 1 aromatic rings. The molecule has 2 heterocycles. The van der Waals surface area contributed by atoms with Crippen LogP contribution in [-0.2, 0) is 4.74 Å². The molecule has 0 saturated carbocycles. The molecule has 0 radical (unpaired) electrons. The minimum Gasteiger partial charge on any atom is -0.376 e. The van der Waals surface area contributed by atoms with E-state index in [0.717, 1.165) is 26.3 Å². The van der Waals surface area contributed by atoms with Crippen LogP contribution in [-0.4, -0.2) is 41.0 Å². The molecule has 1 aliphatic heterocycles. The van der Waals surface area contributed by atoms with E-state index >= 15 is 0 Å². The third-order valence-corrected chi connectivity index (χ3v) is 2.45. The Kier molecular flexibility index (Phi) is 2.61. The molecule has 0 aromatic carbocycles. The highest BCUT2D eigenvalue weighted by Gasteiger charge is 2.22. The van der Waals surface area contributed by atoms with Gasteiger partial charge in [0.05, 0.1) is 13.2 Å². The number of nitrogens with zero attached hydrogens (tertiary/aromatic N) is 3. The van der Waals surface area contributed by atoms with E-state index in [-0.39, 0.29) is 6.17 Å². The van der Waals surface area contributed by atoms with Gasteiger partial charge < -0.3 is 4.74 Å². The Bertz CT molecular complexity index is 247. The van der Waals surface area contributed by atoms with Gasteiger partial charge in [-0.1, -0.05) is 6.92 Å². The van der Waals surface area contributed by atoms with E-state index in [2.05, 4.69) is 16.9 Å². The molecule has 13 heavy (non-hydrogen) atoms. The van der Waals surface area contributed by atoms with Crippen LogP contribution in [0.1, 0.15) is 13.1 Å². The fourth-order valence-corrected chi connectivity index (χ4v) is 1.69. The van der Waals surface area contributed by atoms with E-state index in [1.54, 1.807) is 0 Å². The Hall–Kier alpha value is -0.870. The molecule has 1 aromatic heterocycles. The molecular formula is C9H15N3O. The number of hydrogen-bond acceptors (Lipinski definition) is 3. The van der Waals surface area contributed by atoms with E-state index < -0.39 is 0 Å². The summed E-state index contributed by atoms with van der Waals surface area (Å²) >= 11 is 0. The molecule has 1 atom stereocenters. The van der Waals surface area contributed by atoms with E-state index in [9.17, 15) is 0 Å². The van der Waals surface area contributed by atoms with Gasteiger partial charge >= 0.3 is 0 Å². The third kappa shape index (κ3) is 1.73. The summed E-state index contributed by atoms with van der Waals surface area (Å²) in [6, 6.07) is 1.95. The van der Waals surface area contributed by atoms with Gasteiger partial charge in [-0.25, -0.2) is 0 Å². The van der Waals surface area contributed by atoms with Gasteiger partial charge in [0, 0.05) is 18.9 Å². The van der Waals surface area contributed by atoms with Crippen LogP contribution in [0.3, 0.4) is 0 Å². The van der Waals surface area contributed by atoms with Crippen LogP contribution >= 0.6 is 0 Å². The fourth-order valence-electron chi connectivity index (χ4n) is 1.69. The van der Waals surface area contributed by atoms with Crippen molar-refractivity contribution in [3.05, 3.63) is 18.5 Å². The normalized spacial score (nSPS) is 24.8. The number of aromatic nitrogens is 2. The summed E-state index contributed by atoms with van der Waals surface area (Å²) < 4.78 is 7.40. The van der Waals surface area contributed by atoms with Crippen molar-refractivity contribution in [2.24, 2.45) is 0 Å². The second-order valence-electron chi connectivity index (χ2n) is 3.17.